The summed E-state index contributed by atoms with van der Waals surface area (Å²) in [4.78, 5) is 0. The molecular weight excluding hydrogens is 335 g/mol. The first-order valence-corrected chi connectivity index (χ1v) is 10.6. The summed E-state index contributed by atoms with van der Waals surface area (Å²) >= 11 is 0. The second-order valence-electron chi connectivity index (χ2n) is 8.57. The summed E-state index contributed by atoms with van der Waals surface area (Å²) in [5, 5.41) is 0. The highest BCUT2D eigenvalue weighted by molar-refractivity contribution is 6.69. The standard InChI is InChI=1S/C27H33B/c1-8-18(3)23-9-11-24(12-10-23)25-15-21(6)27(22(7)16-25)28-26-19(4)13-17(2)14-20(26)5/h9-16,18,28H,8H2,1-7H3. The molecule has 28 heavy (non-hydrogen) atoms. The Morgan fingerprint density at radius 3 is 1.61 bits per heavy atom. The molecule has 0 heterocycles. The largest absolute Gasteiger partial charge is 0.193 e. The summed E-state index contributed by atoms with van der Waals surface area (Å²) in [5.41, 5.74) is 13.9. The van der Waals surface area contributed by atoms with Crippen molar-refractivity contribution in [3.63, 3.8) is 0 Å². The fraction of sp³-hybridized carbons (Fsp3) is 0.333. The van der Waals surface area contributed by atoms with Gasteiger partial charge in [0, 0.05) is 0 Å². The van der Waals surface area contributed by atoms with Crippen LogP contribution in [-0.4, -0.2) is 7.28 Å². The Hall–Kier alpha value is -2.28. The molecule has 0 fully saturated rings. The molecule has 0 saturated carbocycles. The third kappa shape index (κ3) is 4.24. The molecule has 0 saturated heterocycles. The Balaban J connectivity index is 1.94. The van der Waals surface area contributed by atoms with E-state index in [9.17, 15) is 0 Å². The average molecular weight is 368 g/mol. The summed E-state index contributed by atoms with van der Waals surface area (Å²) in [6.45, 7) is 15.7. The first-order chi connectivity index (χ1) is 13.3. The Morgan fingerprint density at radius 2 is 1.14 bits per heavy atom. The first-order valence-electron chi connectivity index (χ1n) is 10.6. The van der Waals surface area contributed by atoms with Gasteiger partial charge in [-0.2, -0.15) is 0 Å². The van der Waals surface area contributed by atoms with Gasteiger partial charge in [0.05, 0.1) is 0 Å². The second kappa shape index (κ2) is 8.39. The fourth-order valence-electron chi connectivity index (χ4n) is 4.34. The number of hydrogen-bond donors (Lipinski definition) is 0. The monoisotopic (exact) mass is 368 g/mol. The van der Waals surface area contributed by atoms with Gasteiger partial charge in [0.25, 0.3) is 0 Å². The van der Waals surface area contributed by atoms with Crippen molar-refractivity contribution in [1.29, 1.82) is 0 Å². The zero-order valence-corrected chi connectivity index (χ0v) is 18.6. The summed E-state index contributed by atoms with van der Waals surface area (Å²) < 4.78 is 0. The van der Waals surface area contributed by atoms with Crippen LogP contribution >= 0.6 is 0 Å². The van der Waals surface area contributed by atoms with Crippen LogP contribution < -0.4 is 10.9 Å². The maximum Gasteiger partial charge on any atom is 0.193 e. The topological polar surface area (TPSA) is 0 Å². The minimum atomic E-state index is 0.626. The number of hydrogen-bond acceptors (Lipinski definition) is 0. The van der Waals surface area contributed by atoms with Crippen molar-refractivity contribution in [3.8, 4) is 11.1 Å². The third-order valence-corrected chi connectivity index (χ3v) is 6.32. The highest BCUT2D eigenvalue weighted by Crippen LogP contribution is 2.25. The molecule has 0 aliphatic carbocycles. The van der Waals surface area contributed by atoms with E-state index in [4.69, 9.17) is 0 Å². The Bertz CT molecular complexity index is 934. The van der Waals surface area contributed by atoms with Crippen LogP contribution in [0.1, 0.15) is 59.6 Å². The van der Waals surface area contributed by atoms with E-state index in [1.165, 1.54) is 61.9 Å². The minimum Gasteiger partial charge on any atom is -0.0728 e. The van der Waals surface area contributed by atoms with Crippen molar-refractivity contribution in [2.24, 2.45) is 0 Å². The lowest BCUT2D eigenvalue weighted by atomic mass is 9.58. The molecule has 0 radical (unpaired) electrons. The van der Waals surface area contributed by atoms with E-state index in [-0.39, 0.29) is 0 Å². The molecule has 3 aromatic rings. The zero-order valence-electron chi connectivity index (χ0n) is 18.6. The molecule has 0 nitrogen and oxygen atoms in total. The van der Waals surface area contributed by atoms with E-state index in [1.54, 1.807) is 0 Å². The van der Waals surface area contributed by atoms with Crippen LogP contribution in [0, 0.1) is 34.6 Å². The van der Waals surface area contributed by atoms with Crippen LogP contribution in [0.5, 0.6) is 0 Å². The molecule has 0 aromatic heterocycles. The van der Waals surface area contributed by atoms with Crippen LogP contribution in [0.3, 0.4) is 0 Å². The van der Waals surface area contributed by atoms with Gasteiger partial charge in [0.15, 0.2) is 7.28 Å². The molecule has 1 atom stereocenters. The number of benzene rings is 3. The lowest BCUT2D eigenvalue weighted by molar-refractivity contribution is 0.734. The zero-order chi connectivity index (χ0) is 20.4. The quantitative estimate of drug-likeness (QED) is 0.500. The van der Waals surface area contributed by atoms with Crippen molar-refractivity contribution < 1.29 is 0 Å². The van der Waals surface area contributed by atoms with Gasteiger partial charge in [-0.25, -0.2) is 0 Å². The van der Waals surface area contributed by atoms with E-state index in [0.717, 1.165) is 7.28 Å². The van der Waals surface area contributed by atoms with Gasteiger partial charge in [-0.15, -0.1) is 0 Å². The molecule has 0 N–H and O–H groups in total. The van der Waals surface area contributed by atoms with Crippen LogP contribution in [-0.2, 0) is 0 Å². The molecular formula is C27H33B. The SMILES string of the molecule is CCC(C)c1ccc(-c2cc(C)c(Bc3c(C)cc(C)cc3C)c(C)c2)cc1. The summed E-state index contributed by atoms with van der Waals surface area (Å²) in [6, 6.07) is 18.5. The Labute approximate surface area is 172 Å². The van der Waals surface area contributed by atoms with Gasteiger partial charge in [-0.05, 0) is 63.6 Å². The van der Waals surface area contributed by atoms with Gasteiger partial charge in [-0.3, -0.25) is 0 Å². The average Bonchev–Trinajstić information content (AvgIpc) is 2.65. The predicted molar refractivity (Wildman–Crippen MR) is 127 cm³/mol. The van der Waals surface area contributed by atoms with Crippen molar-refractivity contribution >= 4 is 18.2 Å². The van der Waals surface area contributed by atoms with Crippen molar-refractivity contribution in [2.45, 2.75) is 60.8 Å². The number of rotatable bonds is 5. The maximum absolute atomic E-state index is 2.36. The fourth-order valence-corrected chi connectivity index (χ4v) is 4.34. The van der Waals surface area contributed by atoms with E-state index < -0.39 is 0 Å². The van der Waals surface area contributed by atoms with Crippen LogP contribution in [0.2, 0.25) is 0 Å². The molecule has 0 amide bonds. The smallest absolute Gasteiger partial charge is 0.0728 e. The lowest BCUT2D eigenvalue weighted by Crippen LogP contribution is -2.34. The van der Waals surface area contributed by atoms with E-state index in [0.29, 0.717) is 5.92 Å². The summed E-state index contributed by atoms with van der Waals surface area (Å²) in [7, 11) is 1.02. The lowest BCUT2D eigenvalue weighted by Gasteiger charge is -2.16. The van der Waals surface area contributed by atoms with Crippen molar-refractivity contribution in [3.05, 3.63) is 81.9 Å². The van der Waals surface area contributed by atoms with E-state index in [2.05, 4.69) is 97.0 Å². The molecule has 3 aromatic carbocycles. The molecule has 0 aliphatic heterocycles. The van der Waals surface area contributed by atoms with Crippen molar-refractivity contribution in [2.75, 3.05) is 0 Å². The van der Waals surface area contributed by atoms with Gasteiger partial charge in [-0.1, -0.05) is 101 Å². The van der Waals surface area contributed by atoms with Crippen LogP contribution in [0.15, 0.2) is 48.5 Å². The van der Waals surface area contributed by atoms with Crippen LogP contribution in [0.25, 0.3) is 11.1 Å². The molecule has 1 unspecified atom stereocenters. The van der Waals surface area contributed by atoms with E-state index in [1.807, 2.05) is 0 Å². The van der Waals surface area contributed by atoms with Gasteiger partial charge in [0.1, 0.15) is 0 Å². The van der Waals surface area contributed by atoms with Gasteiger partial charge in [0.2, 0.25) is 0 Å². The molecule has 0 aliphatic rings. The van der Waals surface area contributed by atoms with Gasteiger partial charge < -0.3 is 0 Å². The van der Waals surface area contributed by atoms with Gasteiger partial charge >= 0.3 is 0 Å². The summed E-state index contributed by atoms with van der Waals surface area (Å²) in [6.07, 6.45) is 1.18. The highest BCUT2D eigenvalue weighted by atomic mass is 14.1. The second-order valence-corrected chi connectivity index (χ2v) is 8.57. The molecule has 3 rings (SSSR count). The molecule has 0 bridgehead atoms. The normalized spacial score (nSPS) is 12.1. The number of aryl methyl sites for hydroxylation is 5. The Morgan fingerprint density at radius 1 is 0.679 bits per heavy atom. The van der Waals surface area contributed by atoms with Crippen molar-refractivity contribution in [1.82, 2.24) is 0 Å². The minimum absolute atomic E-state index is 0.626. The summed E-state index contributed by atoms with van der Waals surface area (Å²) in [5.74, 6) is 0.626. The van der Waals surface area contributed by atoms with Crippen LogP contribution in [0.4, 0.5) is 0 Å². The molecule has 1 heteroatoms. The predicted octanol–water partition coefficient (Wildman–Crippen LogP) is 5.80. The van der Waals surface area contributed by atoms with E-state index >= 15 is 0 Å². The molecule has 0 spiro atoms. The third-order valence-electron chi connectivity index (χ3n) is 6.32. The Kier molecular flexibility index (Phi) is 6.13. The maximum atomic E-state index is 2.36. The highest BCUT2D eigenvalue weighted by Gasteiger charge is 2.13. The first kappa shape index (κ1) is 20.5. The molecule has 144 valence electrons.